The van der Waals surface area contributed by atoms with Crippen LogP contribution in [0.4, 0.5) is 27.6 Å². The Kier molecular flexibility index (Phi) is 8.65. The number of aromatic nitrogens is 2. The number of hydrogen-bond donors (Lipinski definition) is 1. The zero-order chi connectivity index (χ0) is 30.8. The molecular weight excluding hydrogens is 573 g/mol. The molecule has 1 saturated heterocycles. The first-order valence-electron chi connectivity index (χ1n) is 13.9. The molecule has 3 aromatic rings. The SMILES string of the molecule is O=C(/C=C1/c2ccccc2N(C(=O)c2cnn(-c3ccccc3)c2C(F)(F)F)CCC1(F)F)N1CCN(CCCO)CC1. The zero-order valence-electron chi connectivity index (χ0n) is 23.1. The van der Waals surface area contributed by atoms with Crippen molar-refractivity contribution in [1.82, 2.24) is 19.6 Å². The maximum absolute atomic E-state index is 15.7. The highest BCUT2D eigenvalue weighted by atomic mass is 19.4. The Hall–Kier alpha value is -4.10. The van der Waals surface area contributed by atoms with E-state index in [1.807, 2.05) is 0 Å². The number of nitrogens with zero attached hydrogens (tertiary/aromatic N) is 5. The van der Waals surface area contributed by atoms with E-state index in [0.717, 1.165) is 17.2 Å². The lowest BCUT2D eigenvalue weighted by Gasteiger charge is -2.34. The lowest BCUT2D eigenvalue weighted by Crippen LogP contribution is -2.48. The Labute approximate surface area is 244 Å². The normalized spacial score (nSPS) is 18.4. The van der Waals surface area contributed by atoms with Gasteiger partial charge in [-0.15, -0.1) is 0 Å². The zero-order valence-corrected chi connectivity index (χ0v) is 23.1. The Bertz CT molecular complexity index is 1500. The fraction of sp³-hybridized carbons (Fsp3) is 0.367. The van der Waals surface area contributed by atoms with Gasteiger partial charge < -0.3 is 14.9 Å². The summed E-state index contributed by atoms with van der Waals surface area (Å²) in [6.07, 6.45) is -3.62. The highest BCUT2D eigenvalue weighted by Crippen LogP contribution is 2.44. The van der Waals surface area contributed by atoms with Crippen molar-refractivity contribution in [3.05, 3.63) is 83.7 Å². The second-order valence-electron chi connectivity index (χ2n) is 10.4. The van der Waals surface area contributed by atoms with Crippen LogP contribution in [0.2, 0.25) is 0 Å². The second kappa shape index (κ2) is 12.3. The van der Waals surface area contributed by atoms with Gasteiger partial charge in [-0.1, -0.05) is 36.4 Å². The van der Waals surface area contributed by atoms with Gasteiger partial charge in [-0.3, -0.25) is 14.5 Å². The molecule has 0 aliphatic carbocycles. The Morgan fingerprint density at radius 3 is 2.30 bits per heavy atom. The third-order valence-corrected chi connectivity index (χ3v) is 7.63. The first-order valence-corrected chi connectivity index (χ1v) is 13.9. The van der Waals surface area contributed by atoms with Gasteiger partial charge in [0.1, 0.15) is 0 Å². The van der Waals surface area contributed by atoms with E-state index in [1.165, 1.54) is 53.4 Å². The Morgan fingerprint density at radius 2 is 1.63 bits per heavy atom. The van der Waals surface area contributed by atoms with Crippen molar-refractivity contribution >= 4 is 23.1 Å². The van der Waals surface area contributed by atoms with E-state index in [1.54, 1.807) is 6.07 Å². The number of halogens is 5. The van der Waals surface area contributed by atoms with Crippen LogP contribution in [-0.4, -0.2) is 88.3 Å². The van der Waals surface area contributed by atoms with Gasteiger partial charge in [-0.05, 0) is 24.6 Å². The molecule has 0 unspecified atom stereocenters. The molecule has 0 saturated carbocycles. The summed E-state index contributed by atoms with van der Waals surface area (Å²) in [6, 6.07) is 13.1. The number of allylic oxidation sites excluding steroid dienone is 1. The molecule has 2 amide bonds. The van der Waals surface area contributed by atoms with Crippen LogP contribution in [0.25, 0.3) is 11.3 Å². The van der Waals surface area contributed by atoms with Crippen molar-refractivity contribution in [3.63, 3.8) is 0 Å². The van der Waals surface area contributed by atoms with Crippen LogP contribution in [0, 0.1) is 0 Å². The quantitative estimate of drug-likeness (QED) is 0.332. The lowest BCUT2D eigenvalue weighted by atomic mass is 9.96. The number of aliphatic hydroxyl groups excluding tert-OH is 1. The number of carbonyl (C=O) groups is 2. The molecule has 5 rings (SSSR count). The molecule has 1 fully saturated rings. The van der Waals surface area contributed by atoms with Crippen LogP contribution in [0.15, 0.2) is 66.9 Å². The van der Waals surface area contributed by atoms with Crippen molar-refractivity contribution in [3.8, 4) is 5.69 Å². The number of aliphatic hydroxyl groups is 1. The largest absolute Gasteiger partial charge is 0.434 e. The number of rotatable bonds is 6. The van der Waals surface area contributed by atoms with E-state index in [4.69, 9.17) is 5.11 Å². The van der Waals surface area contributed by atoms with Crippen molar-refractivity contribution in [2.75, 3.05) is 50.8 Å². The van der Waals surface area contributed by atoms with Gasteiger partial charge in [0.05, 0.1) is 23.1 Å². The molecule has 2 aliphatic rings. The van der Waals surface area contributed by atoms with Crippen LogP contribution < -0.4 is 4.90 Å². The van der Waals surface area contributed by atoms with E-state index >= 15 is 8.78 Å². The van der Waals surface area contributed by atoms with Gasteiger partial charge in [0.15, 0.2) is 5.69 Å². The average molecular weight is 604 g/mol. The second-order valence-corrected chi connectivity index (χ2v) is 10.4. The summed E-state index contributed by atoms with van der Waals surface area (Å²) in [5.41, 5.74) is -2.76. The highest BCUT2D eigenvalue weighted by molar-refractivity contribution is 6.09. The molecule has 43 heavy (non-hydrogen) atoms. The molecule has 0 spiro atoms. The Morgan fingerprint density at radius 1 is 0.953 bits per heavy atom. The number of benzene rings is 2. The predicted molar refractivity (Wildman–Crippen MR) is 149 cm³/mol. The van der Waals surface area contributed by atoms with E-state index in [9.17, 15) is 22.8 Å². The van der Waals surface area contributed by atoms with Crippen molar-refractivity contribution < 1.29 is 36.6 Å². The maximum atomic E-state index is 15.7. The molecule has 0 radical (unpaired) electrons. The maximum Gasteiger partial charge on any atom is 0.434 e. The molecular formula is C30H30F5N5O3. The molecule has 2 aliphatic heterocycles. The number of para-hydroxylation sites is 2. The molecule has 1 N–H and O–H groups in total. The van der Waals surface area contributed by atoms with Crippen molar-refractivity contribution in [1.29, 1.82) is 0 Å². The average Bonchev–Trinajstić information content (AvgIpc) is 3.42. The number of amides is 2. The van der Waals surface area contributed by atoms with Gasteiger partial charge in [-0.25, -0.2) is 13.5 Å². The van der Waals surface area contributed by atoms with Crippen LogP contribution in [0.1, 0.15) is 34.5 Å². The first kappa shape index (κ1) is 30.4. The van der Waals surface area contributed by atoms with Crippen LogP contribution in [-0.2, 0) is 11.0 Å². The number of anilines is 1. The van der Waals surface area contributed by atoms with Gasteiger partial charge in [0, 0.05) is 69.5 Å². The fourth-order valence-electron chi connectivity index (χ4n) is 5.42. The van der Waals surface area contributed by atoms with Gasteiger partial charge >= 0.3 is 6.18 Å². The minimum absolute atomic E-state index is 0.0295. The molecule has 3 heterocycles. The number of alkyl halides is 5. The van der Waals surface area contributed by atoms with Gasteiger partial charge in [-0.2, -0.15) is 18.3 Å². The van der Waals surface area contributed by atoms with Gasteiger partial charge in [0.2, 0.25) is 5.91 Å². The Balaban J connectivity index is 1.49. The molecule has 0 atom stereocenters. The number of fused-ring (bicyclic) bond motifs is 1. The molecule has 8 nitrogen and oxygen atoms in total. The molecule has 1 aromatic heterocycles. The number of carbonyl (C=O) groups excluding carboxylic acids is 2. The highest BCUT2D eigenvalue weighted by Gasteiger charge is 2.45. The predicted octanol–water partition coefficient (Wildman–Crippen LogP) is 4.49. The monoisotopic (exact) mass is 603 g/mol. The fourth-order valence-corrected chi connectivity index (χ4v) is 5.42. The first-order chi connectivity index (χ1) is 20.5. The summed E-state index contributed by atoms with van der Waals surface area (Å²) in [5.74, 6) is -5.30. The standard InChI is InChI=1S/C30H30F5N5O3/c31-29(32)11-13-39(28(43)23-20-36-40(27(23)30(33,34)35)21-7-2-1-3-8-21)25-10-5-4-9-22(25)24(29)19-26(42)38-16-14-37(15-17-38)12-6-18-41/h1-5,7-10,19-20,41H,6,11-18H2/b24-19-. The minimum atomic E-state index is -4.98. The lowest BCUT2D eigenvalue weighted by molar-refractivity contribution is -0.143. The summed E-state index contributed by atoms with van der Waals surface area (Å²) in [7, 11) is 0. The summed E-state index contributed by atoms with van der Waals surface area (Å²) in [5, 5.41) is 12.9. The molecule has 228 valence electrons. The third-order valence-electron chi connectivity index (χ3n) is 7.63. The molecule has 13 heteroatoms. The topological polar surface area (TPSA) is 81.9 Å². The number of piperazine rings is 1. The van der Waals surface area contributed by atoms with Crippen molar-refractivity contribution in [2.45, 2.75) is 24.9 Å². The van der Waals surface area contributed by atoms with Gasteiger partial charge in [0.25, 0.3) is 11.8 Å². The van der Waals surface area contributed by atoms with Crippen molar-refractivity contribution in [2.24, 2.45) is 0 Å². The van der Waals surface area contributed by atoms with Crippen LogP contribution >= 0.6 is 0 Å². The summed E-state index contributed by atoms with van der Waals surface area (Å²) in [4.78, 5) is 31.3. The summed E-state index contributed by atoms with van der Waals surface area (Å²) >= 11 is 0. The van der Waals surface area contributed by atoms with Crippen LogP contribution in [0.5, 0.6) is 0 Å². The van der Waals surface area contributed by atoms with E-state index in [-0.39, 0.29) is 23.5 Å². The summed E-state index contributed by atoms with van der Waals surface area (Å²) in [6.45, 7) is 1.81. The van der Waals surface area contributed by atoms with E-state index in [2.05, 4.69) is 10.00 Å². The van der Waals surface area contributed by atoms with E-state index in [0.29, 0.717) is 43.8 Å². The smallest absolute Gasteiger partial charge is 0.396 e. The molecule has 0 bridgehead atoms. The third kappa shape index (κ3) is 6.32. The molecule has 2 aromatic carbocycles. The summed E-state index contributed by atoms with van der Waals surface area (Å²) < 4.78 is 74.9. The van der Waals surface area contributed by atoms with Crippen LogP contribution in [0.3, 0.4) is 0 Å². The van der Waals surface area contributed by atoms with E-state index < -0.39 is 53.7 Å². The number of hydrogen-bond acceptors (Lipinski definition) is 5. The minimum Gasteiger partial charge on any atom is -0.396 e.